The van der Waals surface area contributed by atoms with Gasteiger partial charge in [-0.15, -0.1) is 0 Å². The minimum absolute atomic E-state index is 0.0161. The number of piperidine rings is 1. The molecular weight excluding hydrogens is 385 g/mol. The fourth-order valence-corrected chi connectivity index (χ4v) is 5.36. The molecule has 1 amide bonds. The molecule has 2 fully saturated rings. The van der Waals surface area contributed by atoms with Crippen LogP contribution >= 0.6 is 0 Å². The van der Waals surface area contributed by atoms with Crippen molar-refractivity contribution in [2.45, 2.75) is 55.1 Å². The Morgan fingerprint density at radius 3 is 2.46 bits per heavy atom. The number of hydrogen-bond acceptors (Lipinski definition) is 5. The molecule has 3 heterocycles. The highest BCUT2D eigenvalue weighted by atomic mass is 32.2. The molecule has 4 rings (SSSR count). The summed E-state index contributed by atoms with van der Waals surface area (Å²) in [4.78, 5) is 16.2. The number of carbonyl (C=O) groups is 1. The molecular formula is C18H22FN5O3S. The second kappa shape index (κ2) is 7.59. The molecule has 150 valence electrons. The predicted molar refractivity (Wildman–Crippen MR) is 98.2 cm³/mol. The van der Waals surface area contributed by atoms with E-state index in [1.807, 2.05) is 4.90 Å². The van der Waals surface area contributed by atoms with Crippen LogP contribution in [0.15, 0.2) is 41.6 Å². The Bertz CT molecular complexity index is 936. The maximum atomic E-state index is 13.3. The van der Waals surface area contributed by atoms with Crippen molar-refractivity contribution in [3.05, 3.63) is 42.5 Å². The first-order chi connectivity index (χ1) is 13.4. The van der Waals surface area contributed by atoms with Gasteiger partial charge in [-0.05, 0) is 43.9 Å². The third kappa shape index (κ3) is 3.79. The summed E-state index contributed by atoms with van der Waals surface area (Å²) in [6.07, 6.45) is 6.91. The van der Waals surface area contributed by atoms with Gasteiger partial charge in [0.25, 0.3) is 0 Å². The molecule has 2 aliphatic rings. The van der Waals surface area contributed by atoms with E-state index in [9.17, 15) is 17.6 Å². The number of nitrogens with one attached hydrogen (secondary N) is 1. The molecule has 2 aromatic rings. The maximum Gasteiger partial charge on any atom is 0.240 e. The van der Waals surface area contributed by atoms with Crippen LogP contribution < -0.4 is 4.72 Å². The Kier molecular flexibility index (Phi) is 5.15. The van der Waals surface area contributed by atoms with Gasteiger partial charge >= 0.3 is 0 Å². The first kappa shape index (κ1) is 19.0. The smallest absolute Gasteiger partial charge is 0.240 e. The van der Waals surface area contributed by atoms with E-state index in [1.165, 1.54) is 18.2 Å². The minimum atomic E-state index is -3.84. The zero-order chi connectivity index (χ0) is 19.7. The number of halogens is 1. The van der Waals surface area contributed by atoms with Crippen LogP contribution in [-0.2, 0) is 14.8 Å². The lowest BCUT2D eigenvalue weighted by Gasteiger charge is -2.38. The first-order valence-electron chi connectivity index (χ1n) is 9.36. The molecule has 2 bridgehead atoms. The van der Waals surface area contributed by atoms with Gasteiger partial charge in [0.2, 0.25) is 15.9 Å². The third-order valence-corrected chi connectivity index (χ3v) is 6.96. The fourth-order valence-electron chi connectivity index (χ4n) is 4.30. The monoisotopic (exact) mass is 407 g/mol. The molecule has 2 atom stereocenters. The van der Waals surface area contributed by atoms with Gasteiger partial charge in [0.1, 0.15) is 5.82 Å². The van der Waals surface area contributed by atoms with Crippen molar-refractivity contribution in [1.29, 1.82) is 0 Å². The van der Waals surface area contributed by atoms with Crippen molar-refractivity contribution in [3.63, 3.8) is 0 Å². The number of benzene rings is 1. The maximum absolute atomic E-state index is 13.3. The van der Waals surface area contributed by atoms with E-state index in [1.54, 1.807) is 17.2 Å². The quantitative estimate of drug-likeness (QED) is 0.782. The molecule has 2 unspecified atom stereocenters. The summed E-state index contributed by atoms with van der Waals surface area (Å²) in [6.45, 7) is -0.0161. The molecule has 0 saturated carbocycles. The number of fused-ring (bicyclic) bond motifs is 2. The average Bonchev–Trinajstić information content (AvgIpc) is 3.28. The van der Waals surface area contributed by atoms with Crippen LogP contribution in [0, 0.1) is 5.82 Å². The molecule has 2 aliphatic heterocycles. The van der Waals surface area contributed by atoms with E-state index in [2.05, 4.69) is 14.9 Å². The summed E-state index contributed by atoms with van der Waals surface area (Å²) in [5, 5.41) is 8.43. The highest BCUT2D eigenvalue weighted by Crippen LogP contribution is 2.40. The summed E-state index contributed by atoms with van der Waals surface area (Å²) < 4.78 is 40.1. The molecule has 1 aromatic carbocycles. The van der Waals surface area contributed by atoms with Crippen molar-refractivity contribution in [2.75, 3.05) is 6.54 Å². The predicted octanol–water partition coefficient (Wildman–Crippen LogP) is 1.48. The van der Waals surface area contributed by atoms with Crippen LogP contribution in [0.2, 0.25) is 0 Å². The molecule has 10 heteroatoms. The summed E-state index contributed by atoms with van der Waals surface area (Å²) in [7, 11) is -3.84. The molecule has 8 nitrogen and oxygen atoms in total. The lowest BCUT2D eigenvalue weighted by Crippen LogP contribution is -2.47. The Morgan fingerprint density at radius 1 is 1.14 bits per heavy atom. The van der Waals surface area contributed by atoms with Crippen molar-refractivity contribution in [2.24, 2.45) is 0 Å². The molecule has 0 spiro atoms. The summed E-state index contributed by atoms with van der Waals surface area (Å²) in [5.74, 6) is -0.675. The van der Waals surface area contributed by atoms with Gasteiger partial charge in [0, 0.05) is 25.0 Å². The van der Waals surface area contributed by atoms with Crippen LogP contribution in [0.1, 0.15) is 38.1 Å². The number of sulfonamides is 1. The second-order valence-electron chi connectivity index (χ2n) is 7.27. The van der Waals surface area contributed by atoms with Crippen LogP contribution in [0.5, 0.6) is 0 Å². The third-order valence-electron chi connectivity index (χ3n) is 5.50. The van der Waals surface area contributed by atoms with Crippen LogP contribution in [-0.4, -0.2) is 52.8 Å². The van der Waals surface area contributed by atoms with Gasteiger partial charge < -0.3 is 4.90 Å². The van der Waals surface area contributed by atoms with Crippen LogP contribution in [0.25, 0.3) is 0 Å². The number of hydrogen-bond donors (Lipinski definition) is 1. The Hall–Kier alpha value is -2.33. The Labute approximate surface area is 162 Å². The summed E-state index contributed by atoms with van der Waals surface area (Å²) in [6, 6.07) is 5.28. The number of amides is 1. The normalized spacial score (nSPS) is 24.5. The largest absolute Gasteiger partial charge is 0.337 e. The first-order valence-corrected chi connectivity index (χ1v) is 10.8. The lowest BCUT2D eigenvalue weighted by molar-refractivity contribution is -0.136. The molecule has 1 aromatic heterocycles. The van der Waals surface area contributed by atoms with Crippen LogP contribution in [0.3, 0.4) is 0 Å². The zero-order valence-corrected chi connectivity index (χ0v) is 16.1. The van der Waals surface area contributed by atoms with Crippen molar-refractivity contribution in [3.8, 4) is 0 Å². The van der Waals surface area contributed by atoms with Crippen LogP contribution in [0.4, 0.5) is 4.39 Å². The minimum Gasteiger partial charge on any atom is -0.337 e. The Morgan fingerprint density at radius 2 is 1.82 bits per heavy atom. The number of rotatable bonds is 6. The molecule has 2 saturated heterocycles. The highest BCUT2D eigenvalue weighted by Gasteiger charge is 2.43. The van der Waals surface area contributed by atoms with Gasteiger partial charge in [-0.1, -0.05) is 6.07 Å². The van der Waals surface area contributed by atoms with Gasteiger partial charge in [-0.2, -0.15) is 15.0 Å². The molecule has 0 aliphatic carbocycles. The van der Waals surface area contributed by atoms with E-state index < -0.39 is 15.8 Å². The van der Waals surface area contributed by atoms with Crippen molar-refractivity contribution >= 4 is 15.9 Å². The van der Waals surface area contributed by atoms with Gasteiger partial charge in [-0.3, -0.25) is 4.79 Å². The fraction of sp³-hybridized carbons (Fsp3) is 0.500. The van der Waals surface area contributed by atoms with Crippen molar-refractivity contribution in [1.82, 2.24) is 24.6 Å². The van der Waals surface area contributed by atoms with E-state index in [-0.39, 0.29) is 41.9 Å². The summed E-state index contributed by atoms with van der Waals surface area (Å²) in [5.41, 5.74) is 0. The second-order valence-corrected chi connectivity index (χ2v) is 9.03. The van der Waals surface area contributed by atoms with Gasteiger partial charge in [0.05, 0.1) is 23.3 Å². The van der Waals surface area contributed by atoms with Gasteiger partial charge in [0.15, 0.2) is 0 Å². The average molecular weight is 407 g/mol. The van der Waals surface area contributed by atoms with E-state index in [4.69, 9.17) is 0 Å². The topological polar surface area (TPSA) is 97.2 Å². The summed E-state index contributed by atoms with van der Waals surface area (Å²) >= 11 is 0. The SMILES string of the molecule is O=C(CCNS(=O)(=O)c1cccc(F)c1)N1C2CCC1CC(n1nccn1)C2. The zero-order valence-electron chi connectivity index (χ0n) is 15.2. The number of nitrogens with zero attached hydrogens (tertiary/aromatic N) is 4. The molecule has 28 heavy (non-hydrogen) atoms. The van der Waals surface area contributed by atoms with E-state index in [0.29, 0.717) is 0 Å². The highest BCUT2D eigenvalue weighted by molar-refractivity contribution is 7.89. The molecule has 1 N–H and O–H groups in total. The standard InChI is InChI=1S/C18H22FN5O3S/c19-13-2-1-3-17(10-13)28(26,27)22-7-6-18(25)23-14-4-5-15(23)12-16(11-14)24-20-8-9-21-24/h1-3,8-10,14-16,22H,4-7,11-12H2. The Balaban J connectivity index is 1.33. The lowest BCUT2D eigenvalue weighted by atomic mass is 9.97. The van der Waals surface area contributed by atoms with Crippen molar-refractivity contribution < 1.29 is 17.6 Å². The number of carbonyl (C=O) groups excluding carboxylic acids is 1. The van der Waals surface area contributed by atoms with Gasteiger partial charge in [-0.25, -0.2) is 17.5 Å². The van der Waals surface area contributed by atoms with E-state index >= 15 is 0 Å². The number of aromatic nitrogens is 3. The van der Waals surface area contributed by atoms with E-state index in [0.717, 1.165) is 31.7 Å². The molecule has 0 radical (unpaired) electrons.